The fraction of sp³-hybridized carbons (Fsp3) is 0.444. The average Bonchev–Trinajstić information content (AvgIpc) is 2.93. The highest BCUT2D eigenvalue weighted by Crippen LogP contribution is 2.21. The second-order valence-corrected chi connectivity index (χ2v) is 7.15. The number of halogens is 1. The standard InChI is InChI=1S/C18H24ClN3O2/c1-13-16(17(24)20-9-5-8-18(2,3)12-23)11-21-22(13)15-7-4-6-14(19)10-15/h4,6-7,10-11,23H,5,8-9,12H2,1-3H3,(H,20,24). The number of carbonyl (C=O) groups is 1. The number of rotatable bonds is 7. The molecule has 1 aromatic carbocycles. The van der Waals surface area contributed by atoms with E-state index in [0.717, 1.165) is 24.2 Å². The molecule has 130 valence electrons. The van der Waals surface area contributed by atoms with Gasteiger partial charge in [0, 0.05) is 18.2 Å². The number of aromatic nitrogens is 2. The molecule has 0 atom stereocenters. The summed E-state index contributed by atoms with van der Waals surface area (Å²) in [6.07, 6.45) is 3.24. The van der Waals surface area contributed by atoms with E-state index in [0.29, 0.717) is 17.1 Å². The van der Waals surface area contributed by atoms with Crippen molar-refractivity contribution >= 4 is 17.5 Å². The summed E-state index contributed by atoms with van der Waals surface area (Å²) in [5.74, 6) is -0.136. The molecule has 2 aromatic rings. The Kier molecular flexibility index (Phi) is 6.02. The van der Waals surface area contributed by atoms with Crippen molar-refractivity contribution in [3.63, 3.8) is 0 Å². The van der Waals surface area contributed by atoms with Gasteiger partial charge in [0.05, 0.1) is 23.1 Å². The van der Waals surface area contributed by atoms with E-state index in [1.54, 1.807) is 23.0 Å². The fourth-order valence-electron chi connectivity index (χ4n) is 2.44. The van der Waals surface area contributed by atoms with Crippen LogP contribution in [-0.4, -0.2) is 33.9 Å². The molecule has 2 rings (SSSR count). The molecular weight excluding hydrogens is 326 g/mol. The Balaban J connectivity index is 1.99. The summed E-state index contributed by atoms with van der Waals surface area (Å²) < 4.78 is 1.70. The molecule has 1 heterocycles. The topological polar surface area (TPSA) is 67.2 Å². The van der Waals surface area contributed by atoms with Crippen LogP contribution in [-0.2, 0) is 0 Å². The molecule has 0 unspecified atom stereocenters. The number of nitrogens with zero attached hydrogens (tertiary/aromatic N) is 2. The molecule has 0 bridgehead atoms. The van der Waals surface area contributed by atoms with Gasteiger partial charge in [0.15, 0.2) is 0 Å². The largest absolute Gasteiger partial charge is 0.396 e. The number of aliphatic hydroxyl groups is 1. The van der Waals surface area contributed by atoms with Gasteiger partial charge in [-0.2, -0.15) is 5.10 Å². The van der Waals surface area contributed by atoms with Gasteiger partial charge in [-0.1, -0.05) is 31.5 Å². The van der Waals surface area contributed by atoms with Crippen LogP contribution in [0.1, 0.15) is 42.7 Å². The van der Waals surface area contributed by atoms with Crippen LogP contribution in [0.25, 0.3) is 5.69 Å². The molecule has 0 saturated heterocycles. The summed E-state index contributed by atoms with van der Waals surface area (Å²) >= 11 is 6.01. The molecule has 1 amide bonds. The second-order valence-electron chi connectivity index (χ2n) is 6.72. The lowest BCUT2D eigenvalue weighted by Crippen LogP contribution is -2.26. The maximum Gasteiger partial charge on any atom is 0.254 e. The molecule has 0 radical (unpaired) electrons. The zero-order valence-electron chi connectivity index (χ0n) is 14.3. The third kappa shape index (κ3) is 4.58. The van der Waals surface area contributed by atoms with Gasteiger partial charge in [-0.3, -0.25) is 4.79 Å². The lowest BCUT2D eigenvalue weighted by Gasteiger charge is -2.21. The summed E-state index contributed by atoms with van der Waals surface area (Å²) in [4.78, 5) is 12.3. The summed E-state index contributed by atoms with van der Waals surface area (Å²) in [7, 11) is 0. The van der Waals surface area contributed by atoms with Crippen molar-refractivity contribution in [1.29, 1.82) is 0 Å². The second kappa shape index (κ2) is 7.81. The molecular formula is C18H24ClN3O2. The van der Waals surface area contributed by atoms with Gasteiger partial charge in [-0.15, -0.1) is 0 Å². The van der Waals surface area contributed by atoms with E-state index in [1.807, 2.05) is 32.9 Å². The molecule has 1 aromatic heterocycles. The third-order valence-electron chi connectivity index (χ3n) is 4.05. The summed E-state index contributed by atoms with van der Waals surface area (Å²) in [6, 6.07) is 7.34. The number of hydrogen-bond donors (Lipinski definition) is 2. The van der Waals surface area contributed by atoms with Gasteiger partial charge in [0.25, 0.3) is 5.91 Å². The molecule has 24 heavy (non-hydrogen) atoms. The van der Waals surface area contributed by atoms with Crippen molar-refractivity contribution in [2.45, 2.75) is 33.6 Å². The van der Waals surface area contributed by atoms with E-state index in [1.165, 1.54) is 0 Å². The molecule has 0 aliphatic heterocycles. The Morgan fingerprint density at radius 1 is 1.42 bits per heavy atom. The highest BCUT2D eigenvalue weighted by atomic mass is 35.5. The van der Waals surface area contributed by atoms with Crippen molar-refractivity contribution in [2.75, 3.05) is 13.2 Å². The average molecular weight is 350 g/mol. The van der Waals surface area contributed by atoms with Gasteiger partial charge in [0.2, 0.25) is 0 Å². The lowest BCUT2D eigenvalue weighted by molar-refractivity contribution is 0.0948. The molecule has 6 heteroatoms. The summed E-state index contributed by atoms with van der Waals surface area (Å²) in [5.41, 5.74) is 2.03. The van der Waals surface area contributed by atoms with Crippen LogP contribution in [0.15, 0.2) is 30.5 Å². The first-order chi connectivity index (χ1) is 11.3. The quantitative estimate of drug-likeness (QED) is 0.753. The minimum atomic E-state index is -0.136. The van der Waals surface area contributed by atoms with Crippen molar-refractivity contribution in [2.24, 2.45) is 5.41 Å². The third-order valence-corrected chi connectivity index (χ3v) is 4.29. The molecule has 0 fully saturated rings. The Labute approximate surface area is 147 Å². The molecule has 0 saturated carbocycles. The van der Waals surface area contributed by atoms with Crippen LogP contribution in [0.2, 0.25) is 5.02 Å². The highest BCUT2D eigenvalue weighted by molar-refractivity contribution is 6.30. The van der Waals surface area contributed by atoms with Crippen molar-refractivity contribution in [1.82, 2.24) is 15.1 Å². The minimum absolute atomic E-state index is 0.113. The van der Waals surface area contributed by atoms with Crippen LogP contribution in [0.4, 0.5) is 0 Å². The van der Waals surface area contributed by atoms with E-state index >= 15 is 0 Å². The number of nitrogens with one attached hydrogen (secondary N) is 1. The van der Waals surface area contributed by atoms with Crippen molar-refractivity contribution in [3.05, 3.63) is 46.7 Å². The zero-order valence-corrected chi connectivity index (χ0v) is 15.1. The van der Waals surface area contributed by atoms with Gasteiger partial charge >= 0.3 is 0 Å². The predicted octanol–water partition coefficient (Wildman–Crippen LogP) is 3.36. The molecule has 2 N–H and O–H groups in total. The number of amides is 1. The Morgan fingerprint density at radius 3 is 2.83 bits per heavy atom. The Bertz CT molecular complexity index is 710. The first-order valence-electron chi connectivity index (χ1n) is 8.04. The van der Waals surface area contributed by atoms with Crippen molar-refractivity contribution in [3.8, 4) is 5.69 Å². The van der Waals surface area contributed by atoms with Gasteiger partial charge < -0.3 is 10.4 Å². The van der Waals surface area contributed by atoms with Crippen molar-refractivity contribution < 1.29 is 9.90 Å². The smallest absolute Gasteiger partial charge is 0.254 e. The van der Waals surface area contributed by atoms with Gasteiger partial charge in [0.1, 0.15) is 0 Å². The van der Waals surface area contributed by atoms with Gasteiger partial charge in [-0.05, 0) is 43.4 Å². The van der Waals surface area contributed by atoms with Gasteiger partial charge in [-0.25, -0.2) is 4.68 Å². The Morgan fingerprint density at radius 2 is 2.17 bits per heavy atom. The van der Waals surface area contributed by atoms with Crippen LogP contribution in [0.3, 0.4) is 0 Å². The molecule has 0 aliphatic carbocycles. The van der Waals surface area contributed by atoms with Crippen LogP contribution in [0, 0.1) is 12.3 Å². The Hall–Kier alpha value is -1.85. The molecule has 0 spiro atoms. The van der Waals surface area contributed by atoms with Crippen LogP contribution < -0.4 is 5.32 Å². The molecule has 5 nitrogen and oxygen atoms in total. The first kappa shape index (κ1) is 18.5. The number of carbonyl (C=O) groups excluding carboxylic acids is 1. The lowest BCUT2D eigenvalue weighted by atomic mass is 9.89. The summed E-state index contributed by atoms with van der Waals surface area (Å²) in [6.45, 7) is 6.59. The first-order valence-corrected chi connectivity index (χ1v) is 8.41. The normalized spacial score (nSPS) is 11.5. The maximum absolute atomic E-state index is 12.3. The van der Waals surface area contributed by atoms with Crippen LogP contribution in [0.5, 0.6) is 0 Å². The van der Waals surface area contributed by atoms with E-state index in [9.17, 15) is 9.90 Å². The molecule has 0 aliphatic rings. The minimum Gasteiger partial charge on any atom is -0.396 e. The number of benzene rings is 1. The number of aliphatic hydroxyl groups excluding tert-OH is 1. The predicted molar refractivity (Wildman–Crippen MR) is 95.7 cm³/mol. The summed E-state index contributed by atoms with van der Waals surface area (Å²) in [5, 5.41) is 17.1. The zero-order chi connectivity index (χ0) is 17.7. The van der Waals surface area contributed by atoms with E-state index in [4.69, 9.17) is 11.6 Å². The fourth-order valence-corrected chi connectivity index (χ4v) is 2.63. The van der Waals surface area contributed by atoms with E-state index < -0.39 is 0 Å². The maximum atomic E-state index is 12.3. The number of hydrogen-bond acceptors (Lipinski definition) is 3. The van der Waals surface area contributed by atoms with E-state index in [-0.39, 0.29) is 17.9 Å². The SMILES string of the molecule is Cc1c(C(=O)NCCCC(C)(C)CO)cnn1-c1cccc(Cl)c1. The highest BCUT2D eigenvalue weighted by Gasteiger charge is 2.17. The van der Waals surface area contributed by atoms with E-state index in [2.05, 4.69) is 10.4 Å². The monoisotopic (exact) mass is 349 g/mol. The van der Waals surface area contributed by atoms with Crippen LogP contribution >= 0.6 is 11.6 Å².